The Hall–Kier alpha value is -1.85. The summed E-state index contributed by atoms with van der Waals surface area (Å²) in [5.41, 5.74) is 2.99. The number of ether oxygens (including phenoxy) is 1. The Bertz CT molecular complexity index is 554. The molecule has 0 amide bonds. The average Bonchev–Trinajstić information content (AvgIpc) is 2.90. The normalized spacial score (nSPS) is 12.4. The molecule has 0 aliphatic rings. The molecule has 5 heteroatoms. The van der Waals surface area contributed by atoms with Gasteiger partial charge in [-0.15, -0.1) is 0 Å². The van der Waals surface area contributed by atoms with Gasteiger partial charge < -0.3 is 9.15 Å². The van der Waals surface area contributed by atoms with Gasteiger partial charge in [0.25, 0.3) is 0 Å². The van der Waals surface area contributed by atoms with Crippen molar-refractivity contribution in [1.29, 1.82) is 0 Å². The predicted octanol–water partition coefficient (Wildman–Crippen LogP) is 2.54. The van der Waals surface area contributed by atoms with Crippen molar-refractivity contribution in [2.24, 2.45) is 5.84 Å². The SMILES string of the molecule is CCc1ccc(C(NN)c2ccc(OC)cc2F)o1. The van der Waals surface area contributed by atoms with E-state index >= 15 is 0 Å². The highest BCUT2D eigenvalue weighted by atomic mass is 19.1. The van der Waals surface area contributed by atoms with Crippen molar-refractivity contribution in [3.63, 3.8) is 0 Å². The fraction of sp³-hybridized carbons (Fsp3) is 0.286. The molecule has 3 N–H and O–H groups in total. The van der Waals surface area contributed by atoms with Crippen molar-refractivity contribution in [2.45, 2.75) is 19.4 Å². The van der Waals surface area contributed by atoms with Gasteiger partial charge >= 0.3 is 0 Å². The Kier molecular flexibility index (Phi) is 4.19. The summed E-state index contributed by atoms with van der Waals surface area (Å²) in [6.07, 6.45) is 0.780. The monoisotopic (exact) mass is 264 g/mol. The number of hydrogen-bond acceptors (Lipinski definition) is 4. The highest BCUT2D eigenvalue weighted by Crippen LogP contribution is 2.27. The van der Waals surface area contributed by atoms with Gasteiger partial charge in [-0.3, -0.25) is 5.84 Å². The summed E-state index contributed by atoms with van der Waals surface area (Å²) in [5, 5.41) is 0. The minimum atomic E-state index is -0.522. The van der Waals surface area contributed by atoms with E-state index in [2.05, 4.69) is 5.43 Å². The molecule has 2 aromatic rings. The molecular formula is C14H17FN2O2. The van der Waals surface area contributed by atoms with Crippen molar-refractivity contribution in [1.82, 2.24) is 5.43 Å². The number of nitrogens with two attached hydrogens (primary N) is 1. The van der Waals surface area contributed by atoms with E-state index in [1.165, 1.54) is 13.2 Å². The Labute approximate surface area is 111 Å². The smallest absolute Gasteiger partial charge is 0.132 e. The van der Waals surface area contributed by atoms with Crippen LogP contribution in [0.4, 0.5) is 4.39 Å². The first-order valence-electron chi connectivity index (χ1n) is 6.07. The van der Waals surface area contributed by atoms with Gasteiger partial charge in [-0.2, -0.15) is 0 Å². The summed E-state index contributed by atoms with van der Waals surface area (Å²) in [6, 6.07) is 7.78. The van der Waals surface area contributed by atoms with Crippen LogP contribution in [0.1, 0.15) is 30.0 Å². The second-order valence-electron chi connectivity index (χ2n) is 4.14. The first kappa shape index (κ1) is 13.6. The van der Waals surface area contributed by atoms with E-state index in [4.69, 9.17) is 15.0 Å². The lowest BCUT2D eigenvalue weighted by Crippen LogP contribution is -2.29. The number of benzene rings is 1. The Morgan fingerprint density at radius 1 is 1.37 bits per heavy atom. The molecule has 1 aromatic carbocycles. The molecule has 0 saturated carbocycles. The first-order valence-corrected chi connectivity index (χ1v) is 6.07. The van der Waals surface area contributed by atoms with Crippen molar-refractivity contribution in [3.8, 4) is 5.75 Å². The number of nitrogens with one attached hydrogen (secondary N) is 1. The van der Waals surface area contributed by atoms with Gasteiger partial charge in [0.1, 0.15) is 29.1 Å². The second-order valence-corrected chi connectivity index (χ2v) is 4.14. The lowest BCUT2D eigenvalue weighted by atomic mass is 10.0. The number of halogens is 1. The zero-order chi connectivity index (χ0) is 13.8. The molecule has 1 aromatic heterocycles. The maximum Gasteiger partial charge on any atom is 0.132 e. The molecule has 19 heavy (non-hydrogen) atoms. The van der Waals surface area contributed by atoms with Crippen molar-refractivity contribution < 1.29 is 13.5 Å². The van der Waals surface area contributed by atoms with Crippen molar-refractivity contribution in [3.05, 3.63) is 53.2 Å². The molecule has 0 fully saturated rings. The number of aryl methyl sites for hydroxylation is 1. The van der Waals surface area contributed by atoms with Gasteiger partial charge in [0.2, 0.25) is 0 Å². The quantitative estimate of drug-likeness (QED) is 0.643. The zero-order valence-corrected chi connectivity index (χ0v) is 10.9. The molecule has 0 radical (unpaired) electrons. The van der Waals surface area contributed by atoms with Crippen LogP contribution in [0.5, 0.6) is 5.75 Å². The van der Waals surface area contributed by atoms with Crippen LogP contribution in [0.15, 0.2) is 34.7 Å². The molecule has 0 aliphatic carbocycles. The maximum atomic E-state index is 14.0. The molecule has 2 rings (SSSR count). The zero-order valence-electron chi connectivity index (χ0n) is 10.9. The molecule has 1 unspecified atom stereocenters. The van der Waals surface area contributed by atoms with E-state index in [1.807, 2.05) is 13.0 Å². The van der Waals surface area contributed by atoms with E-state index in [-0.39, 0.29) is 0 Å². The number of rotatable bonds is 5. The molecule has 0 spiro atoms. The van der Waals surface area contributed by atoms with Crippen LogP contribution in [-0.2, 0) is 6.42 Å². The molecule has 0 aliphatic heterocycles. The largest absolute Gasteiger partial charge is 0.497 e. The van der Waals surface area contributed by atoms with Gasteiger partial charge in [-0.05, 0) is 18.2 Å². The average molecular weight is 264 g/mol. The van der Waals surface area contributed by atoms with Gasteiger partial charge in [-0.1, -0.05) is 13.0 Å². The van der Waals surface area contributed by atoms with Gasteiger partial charge in [-0.25, -0.2) is 9.82 Å². The second kappa shape index (κ2) is 5.86. The summed E-state index contributed by atoms with van der Waals surface area (Å²) in [7, 11) is 1.49. The lowest BCUT2D eigenvalue weighted by molar-refractivity contribution is 0.403. The highest BCUT2D eigenvalue weighted by Gasteiger charge is 2.20. The van der Waals surface area contributed by atoms with Crippen LogP contribution in [0.2, 0.25) is 0 Å². The fourth-order valence-electron chi connectivity index (χ4n) is 1.93. The number of hydrazine groups is 1. The molecule has 4 nitrogen and oxygen atoms in total. The van der Waals surface area contributed by atoms with E-state index in [1.54, 1.807) is 18.2 Å². The molecule has 1 heterocycles. The number of furan rings is 1. The summed E-state index contributed by atoms with van der Waals surface area (Å²) < 4.78 is 24.6. The molecule has 102 valence electrons. The molecule has 0 saturated heterocycles. The minimum absolute atomic E-state index is 0.392. The van der Waals surface area contributed by atoms with E-state index < -0.39 is 11.9 Å². The predicted molar refractivity (Wildman–Crippen MR) is 70.2 cm³/mol. The molecule has 1 atom stereocenters. The van der Waals surface area contributed by atoms with Gasteiger partial charge in [0.15, 0.2) is 0 Å². The van der Waals surface area contributed by atoms with Crippen LogP contribution < -0.4 is 16.0 Å². The third kappa shape index (κ3) is 2.77. The molecule has 0 bridgehead atoms. The summed E-state index contributed by atoms with van der Waals surface area (Å²) >= 11 is 0. The maximum absolute atomic E-state index is 14.0. The number of methoxy groups -OCH3 is 1. The summed E-state index contributed by atoms with van der Waals surface area (Å²) in [6.45, 7) is 1.99. The van der Waals surface area contributed by atoms with Crippen LogP contribution in [0.25, 0.3) is 0 Å². The van der Waals surface area contributed by atoms with Crippen LogP contribution >= 0.6 is 0 Å². The van der Waals surface area contributed by atoms with Gasteiger partial charge in [0, 0.05) is 18.1 Å². The van der Waals surface area contributed by atoms with Crippen LogP contribution in [0.3, 0.4) is 0 Å². The third-order valence-corrected chi connectivity index (χ3v) is 3.00. The summed E-state index contributed by atoms with van der Waals surface area (Å²) in [5.74, 6) is 7.01. The fourth-order valence-corrected chi connectivity index (χ4v) is 1.93. The molecular weight excluding hydrogens is 247 g/mol. The van der Waals surface area contributed by atoms with E-state index in [0.717, 1.165) is 12.2 Å². The van der Waals surface area contributed by atoms with E-state index in [9.17, 15) is 4.39 Å². The van der Waals surface area contributed by atoms with Gasteiger partial charge in [0.05, 0.1) is 7.11 Å². The van der Waals surface area contributed by atoms with E-state index in [0.29, 0.717) is 17.1 Å². The van der Waals surface area contributed by atoms with Crippen molar-refractivity contribution >= 4 is 0 Å². The van der Waals surface area contributed by atoms with Crippen molar-refractivity contribution in [2.75, 3.05) is 7.11 Å². The number of hydrogen-bond donors (Lipinski definition) is 2. The standard InChI is InChI=1S/C14H17FN2O2/c1-3-9-5-7-13(19-9)14(17-16)11-6-4-10(18-2)8-12(11)15/h4-8,14,17H,3,16H2,1-2H3. The van der Waals surface area contributed by atoms with Crippen LogP contribution in [-0.4, -0.2) is 7.11 Å². The third-order valence-electron chi connectivity index (χ3n) is 3.00. The lowest BCUT2D eigenvalue weighted by Gasteiger charge is -2.15. The Balaban J connectivity index is 2.36. The first-order chi connectivity index (χ1) is 9.19. The highest BCUT2D eigenvalue weighted by molar-refractivity contribution is 5.34. The minimum Gasteiger partial charge on any atom is -0.497 e. The Morgan fingerprint density at radius 3 is 2.68 bits per heavy atom. The summed E-state index contributed by atoms with van der Waals surface area (Å²) in [4.78, 5) is 0. The van der Waals surface area contributed by atoms with Crippen LogP contribution in [0, 0.1) is 5.82 Å². The topological polar surface area (TPSA) is 60.4 Å². The Morgan fingerprint density at radius 2 is 2.16 bits per heavy atom.